The molecule has 0 aromatic rings. The van der Waals surface area contributed by atoms with E-state index in [-0.39, 0.29) is 12.1 Å². The van der Waals surface area contributed by atoms with Gasteiger partial charge in [-0.25, -0.2) is 4.79 Å². The molecule has 1 saturated heterocycles. The van der Waals surface area contributed by atoms with Crippen molar-refractivity contribution in [2.24, 2.45) is 16.8 Å². The maximum Gasteiger partial charge on any atom is 0.407 e. The Kier molecular flexibility index (Phi) is 10.3. The predicted molar refractivity (Wildman–Crippen MR) is 101 cm³/mol. The smallest absolute Gasteiger partial charge is 0.407 e. The fourth-order valence-electron chi connectivity index (χ4n) is 2.96. The van der Waals surface area contributed by atoms with Gasteiger partial charge in [0.15, 0.2) is 5.96 Å². The van der Waals surface area contributed by atoms with E-state index in [1.165, 1.54) is 0 Å². The summed E-state index contributed by atoms with van der Waals surface area (Å²) in [7, 11) is 2.05. The number of nitrogens with one attached hydrogen (secondary N) is 2. The molecule has 0 radical (unpaired) electrons. The monoisotopic (exact) mass is 356 g/mol. The van der Waals surface area contributed by atoms with Crippen LogP contribution in [0.25, 0.3) is 0 Å². The normalized spacial score (nSPS) is 19.0. The lowest BCUT2D eigenvalue weighted by Gasteiger charge is -2.25. The van der Waals surface area contributed by atoms with Crippen molar-refractivity contribution in [2.45, 2.75) is 46.6 Å². The Morgan fingerprint density at radius 2 is 2.16 bits per heavy atom. The van der Waals surface area contributed by atoms with Crippen LogP contribution < -0.4 is 10.6 Å². The molecule has 1 aliphatic heterocycles. The summed E-state index contributed by atoms with van der Waals surface area (Å²) in [5.74, 6) is 1.89. The van der Waals surface area contributed by atoms with E-state index in [0.29, 0.717) is 25.0 Å². The van der Waals surface area contributed by atoms with Gasteiger partial charge in [0, 0.05) is 32.7 Å². The molecule has 0 aromatic carbocycles. The van der Waals surface area contributed by atoms with E-state index in [4.69, 9.17) is 14.5 Å². The summed E-state index contributed by atoms with van der Waals surface area (Å²) >= 11 is 0. The van der Waals surface area contributed by atoms with Crippen LogP contribution in [0.15, 0.2) is 4.99 Å². The molecular weight excluding hydrogens is 320 g/mol. The number of carbonyl (C=O) groups is 1. The molecule has 1 aliphatic rings. The Balaban J connectivity index is 2.66. The Labute approximate surface area is 152 Å². The zero-order valence-corrected chi connectivity index (χ0v) is 16.5. The van der Waals surface area contributed by atoms with Crippen LogP contribution in [0.1, 0.15) is 40.5 Å². The first kappa shape index (κ1) is 21.5. The second-order valence-corrected chi connectivity index (χ2v) is 7.00. The molecule has 1 heterocycles. The van der Waals surface area contributed by atoms with Crippen molar-refractivity contribution in [1.29, 1.82) is 0 Å². The van der Waals surface area contributed by atoms with Gasteiger partial charge in [-0.05, 0) is 32.6 Å². The van der Waals surface area contributed by atoms with Crippen LogP contribution in [0.2, 0.25) is 0 Å². The molecule has 146 valence electrons. The highest BCUT2D eigenvalue weighted by molar-refractivity contribution is 5.79. The molecular formula is C18H36N4O3. The lowest BCUT2D eigenvalue weighted by molar-refractivity contribution is 0.147. The highest BCUT2D eigenvalue weighted by Gasteiger charge is 2.20. The average molecular weight is 357 g/mol. The van der Waals surface area contributed by atoms with Crippen molar-refractivity contribution in [3.8, 4) is 0 Å². The van der Waals surface area contributed by atoms with E-state index in [0.717, 1.165) is 45.1 Å². The van der Waals surface area contributed by atoms with Crippen LogP contribution in [0.4, 0.5) is 4.79 Å². The van der Waals surface area contributed by atoms with E-state index >= 15 is 0 Å². The molecule has 0 aliphatic carbocycles. The first-order chi connectivity index (χ1) is 12.0. The van der Waals surface area contributed by atoms with Gasteiger partial charge in [-0.15, -0.1) is 0 Å². The Hall–Kier alpha value is -1.50. The molecule has 2 atom stereocenters. The van der Waals surface area contributed by atoms with E-state index in [9.17, 15) is 4.79 Å². The van der Waals surface area contributed by atoms with Gasteiger partial charge in [0.2, 0.25) is 0 Å². The first-order valence-electron chi connectivity index (χ1n) is 9.46. The second kappa shape index (κ2) is 12.0. The van der Waals surface area contributed by atoms with Crippen molar-refractivity contribution >= 4 is 12.1 Å². The van der Waals surface area contributed by atoms with Gasteiger partial charge in [-0.2, -0.15) is 0 Å². The molecule has 1 amide bonds. The average Bonchev–Trinajstić information content (AvgIpc) is 3.03. The van der Waals surface area contributed by atoms with Crippen molar-refractivity contribution in [3.05, 3.63) is 0 Å². The molecule has 0 spiro atoms. The number of nitrogens with zero attached hydrogens (tertiary/aromatic N) is 2. The number of guanidine groups is 1. The highest BCUT2D eigenvalue weighted by Crippen LogP contribution is 2.13. The molecule has 7 heteroatoms. The maximum absolute atomic E-state index is 11.7. The van der Waals surface area contributed by atoms with Crippen LogP contribution in [0, 0.1) is 11.8 Å². The van der Waals surface area contributed by atoms with Crippen molar-refractivity contribution in [1.82, 2.24) is 15.5 Å². The topological polar surface area (TPSA) is 75.2 Å². The first-order valence-corrected chi connectivity index (χ1v) is 9.46. The molecule has 0 saturated carbocycles. The number of carbonyl (C=O) groups excluding carboxylic acids is 1. The minimum absolute atomic E-state index is 0.0316. The summed E-state index contributed by atoms with van der Waals surface area (Å²) in [6.07, 6.45) is 1.59. The van der Waals surface area contributed by atoms with Gasteiger partial charge >= 0.3 is 6.09 Å². The fraction of sp³-hybridized carbons (Fsp3) is 0.889. The summed E-state index contributed by atoms with van der Waals surface area (Å²) in [5.41, 5.74) is 0. The van der Waals surface area contributed by atoms with Gasteiger partial charge in [0.1, 0.15) is 0 Å². The van der Waals surface area contributed by atoms with Crippen molar-refractivity contribution < 1.29 is 14.3 Å². The quantitative estimate of drug-likeness (QED) is 0.489. The molecule has 0 aromatic heterocycles. The van der Waals surface area contributed by atoms with Gasteiger partial charge < -0.3 is 25.0 Å². The van der Waals surface area contributed by atoms with Crippen molar-refractivity contribution in [3.63, 3.8) is 0 Å². The summed E-state index contributed by atoms with van der Waals surface area (Å²) in [6, 6.07) is -0.0316. The van der Waals surface area contributed by atoms with E-state index in [1.807, 2.05) is 0 Å². The highest BCUT2D eigenvalue weighted by atomic mass is 16.5. The Bertz CT molecular complexity index is 409. The molecule has 7 nitrogen and oxygen atoms in total. The zero-order chi connectivity index (χ0) is 18.7. The zero-order valence-electron chi connectivity index (χ0n) is 16.5. The third kappa shape index (κ3) is 8.95. The summed E-state index contributed by atoms with van der Waals surface area (Å²) in [5, 5.41) is 6.26. The third-order valence-electron chi connectivity index (χ3n) is 4.07. The minimum Gasteiger partial charge on any atom is -0.450 e. The molecule has 2 unspecified atom stereocenters. The minimum atomic E-state index is -0.371. The lowest BCUT2D eigenvalue weighted by atomic mass is 10.0. The maximum atomic E-state index is 11.7. The van der Waals surface area contributed by atoms with Gasteiger partial charge in [0.25, 0.3) is 0 Å². The number of hydrogen-bond acceptors (Lipinski definition) is 4. The van der Waals surface area contributed by atoms with Crippen LogP contribution in [-0.2, 0) is 9.47 Å². The second-order valence-electron chi connectivity index (χ2n) is 7.00. The van der Waals surface area contributed by atoms with E-state index < -0.39 is 0 Å². The third-order valence-corrected chi connectivity index (χ3v) is 4.07. The Morgan fingerprint density at radius 3 is 2.72 bits per heavy atom. The summed E-state index contributed by atoms with van der Waals surface area (Å²) < 4.78 is 10.5. The lowest BCUT2D eigenvalue weighted by Crippen LogP contribution is -2.43. The number of aliphatic imine (C=N–C) groups is 1. The van der Waals surface area contributed by atoms with Gasteiger partial charge in [-0.1, -0.05) is 13.8 Å². The van der Waals surface area contributed by atoms with E-state index in [2.05, 4.69) is 43.4 Å². The van der Waals surface area contributed by atoms with E-state index in [1.54, 1.807) is 6.92 Å². The molecule has 1 rings (SSSR count). The Morgan fingerprint density at radius 1 is 1.40 bits per heavy atom. The van der Waals surface area contributed by atoms with Crippen LogP contribution in [-0.4, -0.2) is 69.5 Å². The summed E-state index contributed by atoms with van der Waals surface area (Å²) in [6.45, 7) is 12.5. The van der Waals surface area contributed by atoms with Gasteiger partial charge in [0.05, 0.1) is 25.8 Å². The molecule has 25 heavy (non-hydrogen) atoms. The van der Waals surface area contributed by atoms with Crippen molar-refractivity contribution in [2.75, 3.05) is 46.5 Å². The van der Waals surface area contributed by atoms with Gasteiger partial charge in [-0.3, -0.25) is 4.99 Å². The predicted octanol–water partition coefficient (Wildman–Crippen LogP) is 2.08. The summed E-state index contributed by atoms with van der Waals surface area (Å²) in [4.78, 5) is 18.6. The molecule has 0 bridgehead atoms. The number of amides is 1. The largest absolute Gasteiger partial charge is 0.450 e. The van der Waals surface area contributed by atoms with Crippen LogP contribution >= 0.6 is 0 Å². The number of alkyl carbamates (subject to hydrolysis) is 1. The van der Waals surface area contributed by atoms with Crippen LogP contribution in [0.5, 0.6) is 0 Å². The number of rotatable bonds is 9. The standard InChI is InChI=1S/C18H36N4O3/c1-6-19-17(22(5)12-15-8-9-24-13-15)20-11-16(10-14(3)4)21-18(23)25-7-2/h14-16H,6-13H2,1-5H3,(H,19,20)(H,21,23). The SMILES string of the molecule is CCNC(=NCC(CC(C)C)NC(=O)OCC)N(C)CC1CCOC1. The molecule has 2 N–H and O–H groups in total. The number of ether oxygens (including phenoxy) is 2. The fourth-order valence-corrected chi connectivity index (χ4v) is 2.96. The molecule has 1 fully saturated rings. The number of hydrogen-bond donors (Lipinski definition) is 2. The van der Waals surface area contributed by atoms with Crippen LogP contribution in [0.3, 0.4) is 0 Å².